The van der Waals surface area contributed by atoms with E-state index in [1.54, 1.807) is 0 Å². The Morgan fingerprint density at radius 1 is 0.591 bits per heavy atom. The maximum Gasteiger partial charge on any atom is 0.303 e. The third kappa shape index (κ3) is 18.1. The van der Waals surface area contributed by atoms with E-state index in [1.807, 2.05) is 0 Å². The molecular formula is C18H26O4. The first kappa shape index (κ1) is 20.1. The number of carboxylic acids is 2. The quantitative estimate of drug-likeness (QED) is 0.424. The maximum absolute atomic E-state index is 10.3. The molecular weight excluding hydrogens is 280 g/mol. The van der Waals surface area contributed by atoms with Crippen LogP contribution < -0.4 is 0 Å². The van der Waals surface area contributed by atoms with E-state index < -0.39 is 11.9 Å². The Morgan fingerprint density at radius 3 is 1.32 bits per heavy atom. The van der Waals surface area contributed by atoms with Crippen molar-refractivity contribution in [3.63, 3.8) is 0 Å². The zero-order valence-corrected chi connectivity index (χ0v) is 13.2. The van der Waals surface area contributed by atoms with Gasteiger partial charge in [-0.15, -0.1) is 0 Å². The van der Waals surface area contributed by atoms with Gasteiger partial charge in [0.15, 0.2) is 0 Å². The fourth-order valence-electron chi connectivity index (χ4n) is 1.90. The summed E-state index contributed by atoms with van der Waals surface area (Å²) in [6, 6.07) is 0. The van der Waals surface area contributed by atoms with Crippen LogP contribution in [0.2, 0.25) is 0 Å². The number of unbranched alkanes of at least 4 members (excludes halogenated alkanes) is 8. The molecule has 4 heteroatoms. The molecule has 0 saturated carbocycles. The number of carbonyl (C=O) groups is 2. The summed E-state index contributed by atoms with van der Waals surface area (Å²) in [4.78, 5) is 20.6. The average Bonchev–Trinajstić information content (AvgIpc) is 2.46. The molecule has 0 amide bonds. The van der Waals surface area contributed by atoms with E-state index in [9.17, 15) is 9.59 Å². The van der Waals surface area contributed by atoms with E-state index in [1.165, 1.54) is 0 Å². The van der Waals surface area contributed by atoms with Gasteiger partial charge in [-0.25, -0.2) is 0 Å². The van der Waals surface area contributed by atoms with Crippen LogP contribution in [0, 0.1) is 23.7 Å². The smallest absolute Gasteiger partial charge is 0.303 e. The Hall–Kier alpha value is -1.94. The van der Waals surface area contributed by atoms with E-state index in [2.05, 4.69) is 23.7 Å². The highest BCUT2D eigenvalue weighted by Gasteiger charge is 1.96. The first-order valence-corrected chi connectivity index (χ1v) is 8.02. The van der Waals surface area contributed by atoms with Crippen molar-refractivity contribution in [3.05, 3.63) is 0 Å². The molecule has 4 nitrogen and oxygen atoms in total. The van der Waals surface area contributed by atoms with Crippen molar-refractivity contribution in [1.29, 1.82) is 0 Å². The molecule has 0 rings (SSSR count). The second-order valence-electron chi connectivity index (χ2n) is 5.22. The van der Waals surface area contributed by atoms with Gasteiger partial charge < -0.3 is 10.2 Å². The lowest BCUT2D eigenvalue weighted by Crippen LogP contribution is -1.93. The molecule has 122 valence electrons. The van der Waals surface area contributed by atoms with Crippen LogP contribution in [-0.2, 0) is 9.59 Å². The Labute approximate surface area is 133 Å². The van der Waals surface area contributed by atoms with Crippen LogP contribution in [-0.4, -0.2) is 22.2 Å². The molecule has 22 heavy (non-hydrogen) atoms. The summed E-state index contributed by atoms with van der Waals surface area (Å²) in [5.41, 5.74) is 0. The molecule has 0 aromatic carbocycles. The number of hydrogen-bond donors (Lipinski definition) is 2. The summed E-state index contributed by atoms with van der Waals surface area (Å²) in [7, 11) is 0. The minimum atomic E-state index is -0.725. The molecule has 0 heterocycles. The lowest BCUT2D eigenvalue weighted by molar-refractivity contribution is -0.138. The minimum absolute atomic E-state index is 0.257. The van der Waals surface area contributed by atoms with Crippen molar-refractivity contribution >= 4 is 11.9 Å². The van der Waals surface area contributed by atoms with Crippen molar-refractivity contribution in [2.75, 3.05) is 0 Å². The second kappa shape index (κ2) is 15.4. The summed E-state index contributed by atoms with van der Waals surface area (Å²) in [5.74, 6) is 10.2. The molecule has 2 N–H and O–H groups in total. The highest BCUT2D eigenvalue weighted by molar-refractivity contribution is 5.66. The number of aliphatic carboxylic acids is 2. The van der Waals surface area contributed by atoms with Gasteiger partial charge in [0, 0.05) is 25.7 Å². The van der Waals surface area contributed by atoms with Gasteiger partial charge in [0.05, 0.1) is 0 Å². The lowest BCUT2D eigenvalue weighted by atomic mass is 10.1. The second-order valence-corrected chi connectivity index (χ2v) is 5.22. The van der Waals surface area contributed by atoms with Gasteiger partial charge in [0.25, 0.3) is 0 Å². The normalized spacial score (nSPS) is 9.27. The van der Waals surface area contributed by atoms with Gasteiger partial charge >= 0.3 is 11.9 Å². The summed E-state index contributed by atoms with van der Waals surface area (Å²) in [6.07, 6.45) is 9.56. The molecule has 0 aliphatic heterocycles. The zero-order valence-electron chi connectivity index (χ0n) is 13.2. The molecule has 0 saturated heterocycles. The van der Waals surface area contributed by atoms with Gasteiger partial charge in [0.2, 0.25) is 0 Å². The SMILES string of the molecule is O=C(O)CCCCCCC#CC#CCCCCCCC(=O)O. The Bertz CT molecular complexity index is 389. The third-order valence-electron chi connectivity index (χ3n) is 3.12. The average molecular weight is 306 g/mol. The molecule has 0 aliphatic rings. The summed E-state index contributed by atoms with van der Waals surface area (Å²) in [5, 5.41) is 17.0. The van der Waals surface area contributed by atoms with Crippen molar-refractivity contribution in [1.82, 2.24) is 0 Å². The van der Waals surface area contributed by atoms with Crippen molar-refractivity contribution in [2.24, 2.45) is 0 Å². The lowest BCUT2D eigenvalue weighted by Gasteiger charge is -1.95. The molecule has 0 aliphatic carbocycles. The molecule has 0 aromatic rings. The predicted octanol–water partition coefficient (Wildman–Crippen LogP) is 3.84. The fraction of sp³-hybridized carbons (Fsp3) is 0.667. The van der Waals surface area contributed by atoms with Crippen LogP contribution in [0.3, 0.4) is 0 Å². The van der Waals surface area contributed by atoms with Crippen LogP contribution in [0.15, 0.2) is 0 Å². The van der Waals surface area contributed by atoms with Gasteiger partial charge in [-0.3, -0.25) is 9.59 Å². The molecule has 0 aromatic heterocycles. The monoisotopic (exact) mass is 306 g/mol. The van der Waals surface area contributed by atoms with Crippen LogP contribution in [0.1, 0.15) is 77.0 Å². The molecule has 0 bridgehead atoms. The predicted molar refractivity (Wildman–Crippen MR) is 86.2 cm³/mol. The Morgan fingerprint density at radius 2 is 0.955 bits per heavy atom. The van der Waals surface area contributed by atoms with E-state index in [-0.39, 0.29) is 12.8 Å². The van der Waals surface area contributed by atoms with Gasteiger partial charge in [0.1, 0.15) is 0 Å². The summed E-state index contributed by atoms with van der Waals surface area (Å²) >= 11 is 0. The number of rotatable bonds is 12. The molecule has 0 radical (unpaired) electrons. The van der Waals surface area contributed by atoms with Gasteiger partial charge in [-0.1, -0.05) is 37.5 Å². The fourth-order valence-corrected chi connectivity index (χ4v) is 1.90. The first-order valence-electron chi connectivity index (χ1n) is 8.02. The highest BCUT2D eigenvalue weighted by Crippen LogP contribution is 2.05. The standard InChI is InChI=1S/C18H26O4/c19-17(20)15-13-11-9-7-5-3-1-2-4-6-8-10-12-14-16-18(21)22/h5-16H2,(H,19,20)(H,21,22). The van der Waals surface area contributed by atoms with Crippen LogP contribution >= 0.6 is 0 Å². The highest BCUT2D eigenvalue weighted by atomic mass is 16.4. The summed E-state index contributed by atoms with van der Waals surface area (Å²) < 4.78 is 0. The number of carboxylic acid groups (broad SMARTS) is 2. The summed E-state index contributed by atoms with van der Waals surface area (Å²) in [6.45, 7) is 0. The topological polar surface area (TPSA) is 74.6 Å². The van der Waals surface area contributed by atoms with E-state index >= 15 is 0 Å². The van der Waals surface area contributed by atoms with E-state index in [0.717, 1.165) is 64.2 Å². The third-order valence-corrected chi connectivity index (χ3v) is 3.12. The van der Waals surface area contributed by atoms with Crippen LogP contribution in [0.5, 0.6) is 0 Å². The Kier molecular flexibility index (Phi) is 14.1. The van der Waals surface area contributed by atoms with E-state index in [0.29, 0.717) is 0 Å². The van der Waals surface area contributed by atoms with Gasteiger partial charge in [-0.2, -0.15) is 0 Å². The van der Waals surface area contributed by atoms with Crippen molar-refractivity contribution in [2.45, 2.75) is 77.0 Å². The molecule has 0 atom stereocenters. The van der Waals surface area contributed by atoms with Crippen LogP contribution in [0.25, 0.3) is 0 Å². The molecule has 0 spiro atoms. The molecule has 0 unspecified atom stereocenters. The van der Waals surface area contributed by atoms with Crippen molar-refractivity contribution < 1.29 is 19.8 Å². The van der Waals surface area contributed by atoms with Crippen molar-refractivity contribution in [3.8, 4) is 23.7 Å². The number of hydrogen-bond acceptors (Lipinski definition) is 2. The van der Waals surface area contributed by atoms with Gasteiger partial charge in [-0.05, 0) is 37.5 Å². The largest absolute Gasteiger partial charge is 0.481 e. The zero-order chi connectivity index (χ0) is 16.5. The Balaban J connectivity index is 3.33. The van der Waals surface area contributed by atoms with Crippen LogP contribution in [0.4, 0.5) is 0 Å². The maximum atomic E-state index is 10.3. The van der Waals surface area contributed by atoms with E-state index in [4.69, 9.17) is 10.2 Å². The molecule has 0 fully saturated rings. The minimum Gasteiger partial charge on any atom is -0.481 e. The first-order chi connectivity index (χ1) is 10.6.